The van der Waals surface area contributed by atoms with Gasteiger partial charge in [-0.1, -0.05) is 24.3 Å². The Balaban J connectivity index is 1.75. The molecule has 0 saturated carbocycles. The Morgan fingerprint density at radius 2 is 1.74 bits per heavy atom. The second-order valence-electron chi connectivity index (χ2n) is 6.27. The summed E-state index contributed by atoms with van der Waals surface area (Å²) in [6, 6.07) is 12.2. The maximum atomic E-state index is 13.9. The lowest BCUT2D eigenvalue weighted by molar-refractivity contribution is -0.122. The third kappa shape index (κ3) is 4.43. The Labute approximate surface area is 156 Å². The van der Waals surface area contributed by atoms with Gasteiger partial charge in [-0.3, -0.25) is 14.3 Å². The standard InChI is InChI=1S/C18H18FN3O4S/c1-27(25,26)21-15-8-4-3-7-14(15)20-18(24)12-10-17(23)22(11-12)16-9-5-2-6-13(16)19/h2-9,12,21H,10-11H2,1H3,(H,20,24). The number of para-hydroxylation sites is 3. The minimum absolute atomic E-state index is 0.0489. The minimum Gasteiger partial charge on any atom is -0.324 e. The van der Waals surface area contributed by atoms with Crippen LogP contribution in [0.25, 0.3) is 0 Å². The molecule has 2 N–H and O–H groups in total. The highest BCUT2D eigenvalue weighted by Gasteiger charge is 2.36. The first-order chi connectivity index (χ1) is 12.7. The summed E-state index contributed by atoms with van der Waals surface area (Å²) in [6.07, 6.45) is 0.954. The predicted molar refractivity (Wildman–Crippen MR) is 100 cm³/mol. The highest BCUT2D eigenvalue weighted by Crippen LogP contribution is 2.29. The highest BCUT2D eigenvalue weighted by molar-refractivity contribution is 7.92. The molecule has 0 radical (unpaired) electrons. The average molecular weight is 391 g/mol. The quantitative estimate of drug-likeness (QED) is 0.817. The lowest BCUT2D eigenvalue weighted by Crippen LogP contribution is -2.29. The van der Waals surface area contributed by atoms with Crippen LogP contribution < -0.4 is 14.9 Å². The highest BCUT2D eigenvalue weighted by atomic mass is 32.2. The Bertz CT molecular complexity index is 994. The van der Waals surface area contributed by atoms with Crippen LogP contribution in [0.15, 0.2) is 48.5 Å². The topological polar surface area (TPSA) is 95.6 Å². The van der Waals surface area contributed by atoms with Gasteiger partial charge in [-0.2, -0.15) is 0 Å². The van der Waals surface area contributed by atoms with E-state index in [-0.39, 0.29) is 35.9 Å². The second-order valence-corrected chi connectivity index (χ2v) is 8.01. The SMILES string of the molecule is CS(=O)(=O)Nc1ccccc1NC(=O)C1CC(=O)N(c2ccccc2F)C1. The van der Waals surface area contributed by atoms with Crippen molar-refractivity contribution in [1.29, 1.82) is 0 Å². The number of hydrogen-bond acceptors (Lipinski definition) is 4. The average Bonchev–Trinajstić information content (AvgIpc) is 2.97. The first kappa shape index (κ1) is 18.8. The molecule has 7 nitrogen and oxygen atoms in total. The number of rotatable bonds is 5. The van der Waals surface area contributed by atoms with Gasteiger partial charge in [-0.15, -0.1) is 0 Å². The van der Waals surface area contributed by atoms with E-state index in [0.717, 1.165) is 6.26 Å². The largest absolute Gasteiger partial charge is 0.324 e. The van der Waals surface area contributed by atoms with Gasteiger partial charge in [0.15, 0.2) is 0 Å². The maximum Gasteiger partial charge on any atom is 0.229 e. The van der Waals surface area contributed by atoms with Crippen molar-refractivity contribution in [3.8, 4) is 0 Å². The summed E-state index contributed by atoms with van der Waals surface area (Å²) in [4.78, 5) is 26.1. The van der Waals surface area contributed by atoms with E-state index in [1.165, 1.54) is 29.2 Å². The number of nitrogens with zero attached hydrogens (tertiary/aromatic N) is 1. The number of amides is 2. The number of carbonyl (C=O) groups is 2. The second kappa shape index (κ2) is 7.36. The molecule has 1 heterocycles. The van der Waals surface area contributed by atoms with Gasteiger partial charge in [-0.25, -0.2) is 12.8 Å². The molecule has 0 aromatic heterocycles. The van der Waals surface area contributed by atoms with E-state index in [1.807, 2.05) is 0 Å². The Hall–Kier alpha value is -2.94. The van der Waals surface area contributed by atoms with Gasteiger partial charge in [0.1, 0.15) is 5.82 Å². The van der Waals surface area contributed by atoms with Crippen LogP contribution in [0.1, 0.15) is 6.42 Å². The van der Waals surface area contributed by atoms with E-state index in [2.05, 4.69) is 10.0 Å². The third-order valence-corrected chi connectivity index (χ3v) is 4.71. The van der Waals surface area contributed by atoms with E-state index in [1.54, 1.807) is 24.3 Å². The summed E-state index contributed by atoms with van der Waals surface area (Å²) >= 11 is 0. The molecule has 27 heavy (non-hydrogen) atoms. The van der Waals surface area contributed by atoms with Crippen LogP contribution in [0.3, 0.4) is 0 Å². The molecule has 1 unspecified atom stereocenters. The van der Waals surface area contributed by atoms with E-state index in [4.69, 9.17) is 0 Å². The van der Waals surface area contributed by atoms with Crippen LogP contribution in [0.2, 0.25) is 0 Å². The van der Waals surface area contributed by atoms with E-state index in [0.29, 0.717) is 0 Å². The number of anilines is 3. The number of hydrogen-bond donors (Lipinski definition) is 2. The molecular weight excluding hydrogens is 373 g/mol. The number of nitrogens with one attached hydrogen (secondary N) is 2. The smallest absolute Gasteiger partial charge is 0.229 e. The van der Waals surface area contributed by atoms with Gasteiger partial charge < -0.3 is 10.2 Å². The summed E-state index contributed by atoms with van der Waals surface area (Å²) in [5.74, 6) is -1.99. The zero-order chi connectivity index (χ0) is 19.6. The van der Waals surface area contributed by atoms with Crippen molar-refractivity contribution in [1.82, 2.24) is 0 Å². The Kier molecular flexibility index (Phi) is 5.13. The molecule has 1 saturated heterocycles. The number of halogens is 1. The van der Waals surface area contributed by atoms with Crippen molar-refractivity contribution in [2.45, 2.75) is 6.42 Å². The first-order valence-electron chi connectivity index (χ1n) is 8.17. The monoisotopic (exact) mass is 391 g/mol. The number of sulfonamides is 1. The lowest BCUT2D eigenvalue weighted by Gasteiger charge is -2.18. The molecule has 2 amide bonds. The van der Waals surface area contributed by atoms with Crippen molar-refractivity contribution in [2.24, 2.45) is 5.92 Å². The van der Waals surface area contributed by atoms with Crippen molar-refractivity contribution < 1.29 is 22.4 Å². The van der Waals surface area contributed by atoms with Gasteiger partial charge >= 0.3 is 0 Å². The molecule has 2 aromatic carbocycles. The molecule has 0 bridgehead atoms. The van der Waals surface area contributed by atoms with Crippen LogP contribution in [0.5, 0.6) is 0 Å². The van der Waals surface area contributed by atoms with Crippen molar-refractivity contribution in [3.63, 3.8) is 0 Å². The molecule has 142 valence electrons. The van der Waals surface area contributed by atoms with Crippen molar-refractivity contribution >= 4 is 38.9 Å². The molecular formula is C18H18FN3O4S. The van der Waals surface area contributed by atoms with Gasteiger partial charge in [0.2, 0.25) is 21.8 Å². The first-order valence-corrected chi connectivity index (χ1v) is 10.1. The van der Waals surface area contributed by atoms with Crippen molar-refractivity contribution in [3.05, 3.63) is 54.3 Å². The molecule has 9 heteroatoms. The third-order valence-electron chi connectivity index (χ3n) is 4.12. The number of benzene rings is 2. The fourth-order valence-electron chi connectivity index (χ4n) is 2.90. The number of carbonyl (C=O) groups excluding carboxylic acids is 2. The van der Waals surface area contributed by atoms with Gasteiger partial charge in [0, 0.05) is 13.0 Å². The van der Waals surface area contributed by atoms with Gasteiger partial charge in [0.05, 0.1) is 29.2 Å². The zero-order valence-corrected chi connectivity index (χ0v) is 15.3. The molecule has 1 atom stereocenters. The minimum atomic E-state index is -3.52. The maximum absolute atomic E-state index is 13.9. The van der Waals surface area contributed by atoms with E-state index >= 15 is 0 Å². The molecule has 1 aliphatic rings. The van der Waals surface area contributed by atoms with Crippen LogP contribution in [-0.2, 0) is 19.6 Å². The van der Waals surface area contributed by atoms with Crippen LogP contribution in [-0.4, -0.2) is 33.0 Å². The van der Waals surface area contributed by atoms with Gasteiger partial charge in [0.25, 0.3) is 0 Å². The zero-order valence-electron chi connectivity index (χ0n) is 14.5. The van der Waals surface area contributed by atoms with Gasteiger partial charge in [-0.05, 0) is 24.3 Å². The summed E-state index contributed by atoms with van der Waals surface area (Å²) in [6.45, 7) is 0.0489. The van der Waals surface area contributed by atoms with E-state index < -0.39 is 27.7 Å². The fourth-order valence-corrected chi connectivity index (χ4v) is 3.48. The summed E-state index contributed by atoms with van der Waals surface area (Å²) in [5, 5.41) is 2.64. The Morgan fingerprint density at radius 1 is 1.11 bits per heavy atom. The molecule has 1 aliphatic heterocycles. The van der Waals surface area contributed by atoms with Crippen LogP contribution >= 0.6 is 0 Å². The lowest BCUT2D eigenvalue weighted by atomic mass is 10.1. The molecule has 0 aliphatic carbocycles. The molecule has 2 aromatic rings. The van der Waals surface area contributed by atoms with E-state index in [9.17, 15) is 22.4 Å². The molecule has 1 fully saturated rings. The summed E-state index contributed by atoms with van der Waals surface area (Å²) in [5.41, 5.74) is 0.644. The van der Waals surface area contributed by atoms with Crippen LogP contribution in [0, 0.1) is 11.7 Å². The molecule has 3 rings (SSSR count). The predicted octanol–water partition coefficient (Wildman–Crippen LogP) is 2.19. The summed E-state index contributed by atoms with van der Waals surface area (Å²) < 4.78 is 39.2. The van der Waals surface area contributed by atoms with Crippen molar-refractivity contribution in [2.75, 3.05) is 27.7 Å². The fraction of sp³-hybridized carbons (Fsp3) is 0.222. The normalized spacial score (nSPS) is 17.0. The Morgan fingerprint density at radius 3 is 2.41 bits per heavy atom. The van der Waals surface area contributed by atoms with Crippen LogP contribution in [0.4, 0.5) is 21.5 Å². The molecule has 0 spiro atoms. The summed E-state index contributed by atoms with van der Waals surface area (Å²) in [7, 11) is -3.52.